The molecule has 1 aliphatic carbocycles. The number of nitrogens with zero attached hydrogens (tertiary/aromatic N) is 1. The zero-order valence-corrected chi connectivity index (χ0v) is 20.0. The van der Waals surface area contributed by atoms with Crippen LogP contribution < -0.4 is 21.5 Å². The number of allylic oxidation sites excluding steroid dienone is 3. The van der Waals surface area contributed by atoms with E-state index in [1.54, 1.807) is 36.5 Å². The van der Waals surface area contributed by atoms with Crippen LogP contribution in [0.25, 0.3) is 10.6 Å². The summed E-state index contributed by atoms with van der Waals surface area (Å²) in [7, 11) is 0. The summed E-state index contributed by atoms with van der Waals surface area (Å²) in [4.78, 5) is 19.1. The number of hydrogen-bond donors (Lipinski definition) is 3. The van der Waals surface area contributed by atoms with E-state index in [1.807, 2.05) is 25.3 Å². The van der Waals surface area contributed by atoms with Gasteiger partial charge >= 0.3 is 0 Å². The number of carbonyl (C=O) groups excluding carboxylic acids is 1. The van der Waals surface area contributed by atoms with Crippen molar-refractivity contribution in [2.45, 2.75) is 57.6 Å². The average Bonchev–Trinajstić information content (AvgIpc) is 3.43. The van der Waals surface area contributed by atoms with Crippen molar-refractivity contribution in [2.24, 2.45) is 11.5 Å². The summed E-state index contributed by atoms with van der Waals surface area (Å²) in [5.74, 6) is 1.04. The van der Waals surface area contributed by atoms with E-state index in [2.05, 4.69) is 10.3 Å². The van der Waals surface area contributed by atoms with Crippen LogP contribution >= 0.6 is 11.3 Å². The van der Waals surface area contributed by atoms with Crippen molar-refractivity contribution >= 4 is 17.2 Å². The van der Waals surface area contributed by atoms with Crippen molar-refractivity contribution in [1.82, 2.24) is 10.3 Å². The van der Waals surface area contributed by atoms with E-state index in [0.29, 0.717) is 41.8 Å². The lowest BCUT2D eigenvalue weighted by Crippen LogP contribution is -2.36. The highest BCUT2D eigenvalue weighted by Crippen LogP contribution is 2.41. The van der Waals surface area contributed by atoms with E-state index < -0.39 is 0 Å². The molecule has 2 aromatic rings. The fourth-order valence-corrected chi connectivity index (χ4v) is 4.83. The predicted molar refractivity (Wildman–Crippen MR) is 131 cm³/mol. The molecule has 0 bridgehead atoms. The van der Waals surface area contributed by atoms with E-state index in [-0.39, 0.29) is 18.1 Å². The molecule has 1 aromatic heterocycles. The lowest BCUT2D eigenvalue weighted by molar-refractivity contribution is 0.0944. The molecule has 1 amide bonds. The third-order valence-corrected chi connectivity index (χ3v) is 7.23. The minimum Gasteiger partial charge on any atom is -0.488 e. The smallest absolute Gasteiger partial charge is 0.251 e. The van der Waals surface area contributed by atoms with Crippen molar-refractivity contribution in [3.05, 3.63) is 58.4 Å². The summed E-state index contributed by atoms with van der Waals surface area (Å²) in [5, 5.41) is 3.86. The molecule has 1 saturated carbocycles. The summed E-state index contributed by atoms with van der Waals surface area (Å²) in [5.41, 5.74) is 14.3. The highest BCUT2D eigenvalue weighted by atomic mass is 32.1. The van der Waals surface area contributed by atoms with Gasteiger partial charge in [0.25, 0.3) is 5.91 Å². The Bertz CT molecular complexity index is 1050. The molecule has 7 nitrogen and oxygen atoms in total. The van der Waals surface area contributed by atoms with Crippen molar-refractivity contribution < 1.29 is 14.3 Å². The van der Waals surface area contributed by atoms with Crippen LogP contribution in [0.4, 0.5) is 0 Å². The van der Waals surface area contributed by atoms with Crippen LogP contribution in [0.5, 0.6) is 5.75 Å². The second kappa shape index (κ2) is 10.4. The van der Waals surface area contributed by atoms with Crippen molar-refractivity contribution in [2.75, 3.05) is 13.2 Å². The van der Waals surface area contributed by atoms with Crippen LogP contribution in [-0.4, -0.2) is 36.3 Å². The zero-order valence-electron chi connectivity index (χ0n) is 19.2. The van der Waals surface area contributed by atoms with Gasteiger partial charge in [-0.15, -0.1) is 11.3 Å². The van der Waals surface area contributed by atoms with Gasteiger partial charge in [-0.2, -0.15) is 0 Å². The van der Waals surface area contributed by atoms with Gasteiger partial charge in [-0.25, -0.2) is 4.98 Å². The highest BCUT2D eigenvalue weighted by molar-refractivity contribution is 7.15. The highest BCUT2D eigenvalue weighted by Gasteiger charge is 2.23. The third kappa shape index (κ3) is 5.94. The Kier molecular flexibility index (Phi) is 7.35. The number of ether oxygens (including phenoxy) is 2. The Morgan fingerprint density at radius 2 is 2.09 bits per heavy atom. The van der Waals surface area contributed by atoms with Crippen LogP contribution in [-0.2, 0) is 4.74 Å². The molecule has 0 radical (unpaired) electrons. The lowest BCUT2D eigenvalue weighted by Gasteiger charge is -2.23. The van der Waals surface area contributed by atoms with Gasteiger partial charge in [-0.05, 0) is 63.0 Å². The molecule has 2 heterocycles. The average molecular weight is 469 g/mol. The Morgan fingerprint density at radius 3 is 2.76 bits per heavy atom. The molecule has 1 saturated heterocycles. The Labute approximate surface area is 198 Å². The number of aromatic nitrogens is 1. The summed E-state index contributed by atoms with van der Waals surface area (Å²) >= 11 is 1.70. The summed E-state index contributed by atoms with van der Waals surface area (Å²) in [6.45, 7) is 4.87. The fraction of sp³-hybridized carbons (Fsp3) is 0.440. The molecule has 0 spiro atoms. The van der Waals surface area contributed by atoms with Crippen LogP contribution in [0.2, 0.25) is 0 Å². The number of benzene rings is 1. The molecule has 0 unspecified atom stereocenters. The maximum atomic E-state index is 13.1. The van der Waals surface area contributed by atoms with E-state index >= 15 is 0 Å². The molecule has 2 fully saturated rings. The normalized spacial score (nSPS) is 20.4. The second-order valence-electron chi connectivity index (χ2n) is 8.82. The van der Waals surface area contributed by atoms with Gasteiger partial charge in [-0.1, -0.05) is 6.42 Å². The van der Waals surface area contributed by atoms with Crippen molar-refractivity contribution in [3.8, 4) is 16.3 Å². The molecule has 1 aromatic carbocycles. The topological polar surface area (TPSA) is 112 Å². The molecule has 4 rings (SSSR count). The first-order chi connectivity index (χ1) is 15.9. The molecular weight excluding hydrogens is 436 g/mol. The van der Waals surface area contributed by atoms with Gasteiger partial charge in [0.05, 0.1) is 19.3 Å². The van der Waals surface area contributed by atoms with Crippen molar-refractivity contribution in [1.29, 1.82) is 0 Å². The number of nitrogens with one attached hydrogen (secondary N) is 1. The second-order valence-corrected chi connectivity index (χ2v) is 9.88. The third-order valence-electron chi connectivity index (χ3n) is 6.02. The van der Waals surface area contributed by atoms with E-state index in [4.69, 9.17) is 20.9 Å². The van der Waals surface area contributed by atoms with Crippen LogP contribution in [0.1, 0.15) is 60.7 Å². The van der Waals surface area contributed by atoms with Gasteiger partial charge in [0.1, 0.15) is 16.9 Å². The first kappa shape index (κ1) is 23.3. The van der Waals surface area contributed by atoms with Gasteiger partial charge in [0.2, 0.25) is 0 Å². The SMILES string of the molecule is C/C(N)=C/C=C(\N)[C@@H](C)NC(=O)c1cc(O[C@@H]2CCOC2)cc(-c2ncc(C3CCC3)s2)c1. The van der Waals surface area contributed by atoms with E-state index in [0.717, 1.165) is 17.0 Å². The Balaban J connectivity index is 1.58. The van der Waals surface area contributed by atoms with E-state index in [9.17, 15) is 4.79 Å². The Morgan fingerprint density at radius 1 is 1.27 bits per heavy atom. The van der Waals surface area contributed by atoms with Crippen molar-refractivity contribution in [3.63, 3.8) is 0 Å². The standard InChI is InChI=1S/C25H32N4O3S/c1-15(26)6-7-22(27)16(2)29-24(30)18-10-19(12-21(11-18)32-20-8-9-31-14-20)25-28-13-23(33-25)17-4-3-5-17/h6-7,10-13,16-17,20H,3-5,8-9,14,26-27H2,1-2H3,(H,29,30)/b15-6-,22-7-/t16-,20-/m1/s1. The summed E-state index contributed by atoms with van der Waals surface area (Å²) < 4.78 is 11.6. The minimum atomic E-state index is -0.352. The minimum absolute atomic E-state index is 0.0122. The maximum Gasteiger partial charge on any atom is 0.251 e. The number of rotatable bonds is 8. The fourth-order valence-electron chi connectivity index (χ4n) is 3.76. The van der Waals surface area contributed by atoms with Gasteiger partial charge < -0.3 is 26.3 Å². The molecule has 1 aliphatic heterocycles. The molecule has 2 aliphatic rings. The van der Waals surface area contributed by atoms with E-state index in [1.165, 1.54) is 24.1 Å². The molecule has 5 N–H and O–H groups in total. The van der Waals surface area contributed by atoms with Crippen LogP contribution in [0.3, 0.4) is 0 Å². The quantitative estimate of drug-likeness (QED) is 0.504. The van der Waals surface area contributed by atoms with Crippen LogP contribution in [0.15, 0.2) is 47.9 Å². The summed E-state index contributed by atoms with van der Waals surface area (Å²) in [6.07, 6.45) is 9.97. The lowest BCUT2D eigenvalue weighted by atomic mass is 9.85. The molecule has 2 atom stereocenters. The van der Waals surface area contributed by atoms with Crippen LogP contribution in [0, 0.1) is 0 Å². The largest absolute Gasteiger partial charge is 0.488 e. The number of carbonyl (C=O) groups is 1. The zero-order chi connectivity index (χ0) is 23.4. The summed E-state index contributed by atoms with van der Waals surface area (Å²) in [6, 6.07) is 5.25. The number of nitrogens with two attached hydrogens (primary N) is 2. The maximum absolute atomic E-state index is 13.1. The molecule has 176 valence electrons. The van der Waals surface area contributed by atoms with Gasteiger partial charge in [-0.3, -0.25) is 4.79 Å². The monoisotopic (exact) mass is 468 g/mol. The number of amides is 1. The molecule has 8 heteroatoms. The van der Waals surface area contributed by atoms with Gasteiger partial charge in [0.15, 0.2) is 0 Å². The number of hydrogen-bond acceptors (Lipinski definition) is 7. The first-order valence-corrected chi connectivity index (χ1v) is 12.3. The van der Waals surface area contributed by atoms with Gasteiger partial charge in [0, 0.05) is 40.0 Å². The number of thiazole rings is 1. The predicted octanol–water partition coefficient (Wildman–Crippen LogP) is 4.07. The molecular formula is C25H32N4O3S. The Hall–Kier alpha value is -2.84. The molecule has 33 heavy (non-hydrogen) atoms. The first-order valence-electron chi connectivity index (χ1n) is 11.4.